The van der Waals surface area contributed by atoms with E-state index in [0.717, 1.165) is 22.6 Å². The standard InChI is InChI=1S/C23H20FN3O2/c1-3-29-19-11-4-15(5-12-19)22-20-14-17(24)8-13-21(20)25-23(27-26-22)16-6-9-18(28-2)10-7-16/h4-14H,3H2,1-2H3,(H,25,27). The highest BCUT2D eigenvalue weighted by Crippen LogP contribution is 2.27. The van der Waals surface area contributed by atoms with Crippen LogP contribution in [0.15, 0.2) is 76.8 Å². The Morgan fingerprint density at radius 2 is 1.59 bits per heavy atom. The zero-order chi connectivity index (χ0) is 20.2. The second kappa shape index (κ2) is 8.14. The highest BCUT2D eigenvalue weighted by molar-refractivity contribution is 6.18. The van der Waals surface area contributed by atoms with Crippen LogP contribution in [-0.4, -0.2) is 25.3 Å². The van der Waals surface area contributed by atoms with Crippen LogP contribution in [-0.2, 0) is 0 Å². The van der Waals surface area contributed by atoms with Gasteiger partial charge in [0.25, 0.3) is 0 Å². The maximum atomic E-state index is 14.0. The number of rotatable bonds is 5. The van der Waals surface area contributed by atoms with Crippen LogP contribution < -0.4 is 14.9 Å². The summed E-state index contributed by atoms with van der Waals surface area (Å²) in [5, 5.41) is 4.55. The van der Waals surface area contributed by atoms with Crippen molar-refractivity contribution in [2.24, 2.45) is 10.1 Å². The fourth-order valence-electron chi connectivity index (χ4n) is 3.08. The molecule has 0 bridgehead atoms. The molecule has 0 aliphatic carbocycles. The van der Waals surface area contributed by atoms with E-state index in [1.807, 2.05) is 55.5 Å². The van der Waals surface area contributed by atoms with Gasteiger partial charge in [-0.2, -0.15) is 5.10 Å². The molecule has 1 aliphatic rings. The molecule has 29 heavy (non-hydrogen) atoms. The predicted molar refractivity (Wildman–Crippen MR) is 112 cm³/mol. The molecule has 0 unspecified atom stereocenters. The molecule has 146 valence electrons. The van der Waals surface area contributed by atoms with Crippen LogP contribution in [0.3, 0.4) is 0 Å². The zero-order valence-electron chi connectivity index (χ0n) is 16.1. The zero-order valence-corrected chi connectivity index (χ0v) is 16.1. The lowest BCUT2D eigenvalue weighted by Gasteiger charge is -2.09. The molecule has 0 radical (unpaired) electrons. The molecule has 0 aromatic heterocycles. The molecule has 6 heteroatoms. The summed E-state index contributed by atoms with van der Waals surface area (Å²) in [5.74, 6) is 1.75. The van der Waals surface area contributed by atoms with Gasteiger partial charge in [0.2, 0.25) is 0 Å². The van der Waals surface area contributed by atoms with Gasteiger partial charge in [-0.1, -0.05) is 0 Å². The van der Waals surface area contributed by atoms with Crippen molar-refractivity contribution in [1.29, 1.82) is 0 Å². The number of fused-ring (bicyclic) bond motifs is 1. The van der Waals surface area contributed by atoms with Gasteiger partial charge >= 0.3 is 0 Å². The van der Waals surface area contributed by atoms with Gasteiger partial charge in [-0.3, -0.25) is 5.43 Å². The number of methoxy groups -OCH3 is 1. The van der Waals surface area contributed by atoms with Crippen molar-refractivity contribution in [2.75, 3.05) is 13.7 Å². The lowest BCUT2D eigenvalue weighted by molar-refractivity contribution is 0.340. The van der Waals surface area contributed by atoms with Crippen LogP contribution in [0.4, 0.5) is 10.1 Å². The largest absolute Gasteiger partial charge is 0.497 e. The fourth-order valence-corrected chi connectivity index (χ4v) is 3.08. The maximum Gasteiger partial charge on any atom is 0.154 e. The lowest BCUT2D eigenvalue weighted by atomic mass is 10.0. The summed E-state index contributed by atoms with van der Waals surface area (Å²) in [6, 6.07) is 19.5. The van der Waals surface area contributed by atoms with E-state index in [1.54, 1.807) is 13.2 Å². The van der Waals surface area contributed by atoms with E-state index in [2.05, 4.69) is 15.5 Å². The van der Waals surface area contributed by atoms with Crippen molar-refractivity contribution in [2.45, 2.75) is 6.92 Å². The number of hydrazone groups is 1. The van der Waals surface area contributed by atoms with E-state index in [4.69, 9.17) is 9.47 Å². The van der Waals surface area contributed by atoms with Crippen LogP contribution in [0.2, 0.25) is 0 Å². The lowest BCUT2D eigenvalue weighted by Crippen LogP contribution is -2.19. The summed E-state index contributed by atoms with van der Waals surface area (Å²) in [5.41, 5.74) is 6.57. The number of aliphatic imine (C=N–C) groups is 1. The minimum Gasteiger partial charge on any atom is -0.497 e. The summed E-state index contributed by atoms with van der Waals surface area (Å²) in [6.07, 6.45) is 0. The number of hydrogen-bond acceptors (Lipinski definition) is 5. The SMILES string of the molecule is CCOc1ccc(C2=NNC(c3ccc(OC)cc3)=Nc3ccc(F)cc32)cc1. The van der Waals surface area contributed by atoms with Crippen LogP contribution in [0.25, 0.3) is 0 Å². The summed E-state index contributed by atoms with van der Waals surface area (Å²) >= 11 is 0. The van der Waals surface area contributed by atoms with E-state index in [0.29, 0.717) is 29.4 Å². The third-order valence-electron chi connectivity index (χ3n) is 4.52. The first-order valence-corrected chi connectivity index (χ1v) is 9.28. The Morgan fingerprint density at radius 1 is 0.897 bits per heavy atom. The van der Waals surface area contributed by atoms with Crippen molar-refractivity contribution < 1.29 is 13.9 Å². The Labute approximate surface area is 168 Å². The topological polar surface area (TPSA) is 55.2 Å². The van der Waals surface area contributed by atoms with E-state index in [-0.39, 0.29) is 5.82 Å². The number of nitrogens with one attached hydrogen (secondary N) is 1. The first-order chi connectivity index (χ1) is 14.2. The highest BCUT2D eigenvalue weighted by Gasteiger charge is 2.18. The van der Waals surface area contributed by atoms with Gasteiger partial charge in [0.15, 0.2) is 5.84 Å². The molecule has 0 saturated heterocycles. The molecule has 0 spiro atoms. The normalized spacial score (nSPS) is 12.8. The Bertz CT molecular complexity index is 1070. The Balaban J connectivity index is 1.77. The molecule has 0 fully saturated rings. The number of hydrogen-bond donors (Lipinski definition) is 1. The number of amidine groups is 1. The molecule has 1 heterocycles. The summed E-state index contributed by atoms with van der Waals surface area (Å²) in [4.78, 5) is 4.69. The van der Waals surface area contributed by atoms with Crippen molar-refractivity contribution in [3.05, 3.63) is 89.2 Å². The van der Waals surface area contributed by atoms with Crippen LogP contribution in [0.5, 0.6) is 11.5 Å². The van der Waals surface area contributed by atoms with Gasteiger partial charge in [-0.05, 0) is 73.7 Å². The number of ether oxygens (including phenoxy) is 2. The van der Waals surface area contributed by atoms with Gasteiger partial charge in [-0.15, -0.1) is 0 Å². The molecular weight excluding hydrogens is 369 g/mol. The van der Waals surface area contributed by atoms with E-state index in [1.165, 1.54) is 12.1 Å². The van der Waals surface area contributed by atoms with Crippen LogP contribution in [0.1, 0.15) is 23.6 Å². The smallest absolute Gasteiger partial charge is 0.154 e. The molecule has 1 aliphatic heterocycles. The molecule has 4 rings (SSSR count). The molecule has 0 saturated carbocycles. The number of halogens is 1. The Hall–Kier alpha value is -3.67. The first-order valence-electron chi connectivity index (χ1n) is 9.28. The van der Waals surface area contributed by atoms with Crippen molar-refractivity contribution >= 4 is 17.2 Å². The quantitative estimate of drug-likeness (QED) is 0.690. The molecule has 0 amide bonds. The average Bonchev–Trinajstić information content (AvgIpc) is 2.94. The third-order valence-corrected chi connectivity index (χ3v) is 4.52. The van der Waals surface area contributed by atoms with Crippen LogP contribution >= 0.6 is 0 Å². The van der Waals surface area contributed by atoms with Crippen molar-refractivity contribution in [3.63, 3.8) is 0 Å². The summed E-state index contributed by atoms with van der Waals surface area (Å²) in [7, 11) is 1.62. The third kappa shape index (κ3) is 3.96. The predicted octanol–water partition coefficient (Wildman–Crippen LogP) is 4.67. The molecule has 3 aromatic carbocycles. The van der Waals surface area contributed by atoms with Gasteiger partial charge < -0.3 is 9.47 Å². The van der Waals surface area contributed by atoms with E-state index >= 15 is 0 Å². The average molecular weight is 389 g/mol. The first kappa shape index (κ1) is 18.7. The minimum atomic E-state index is -0.342. The van der Waals surface area contributed by atoms with E-state index in [9.17, 15) is 4.39 Å². The van der Waals surface area contributed by atoms with E-state index < -0.39 is 0 Å². The Morgan fingerprint density at radius 3 is 2.28 bits per heavy atom. The number of nitrogens with zero attached hydrogens (tertiary/aromatic N) is 2. The molecule has 3 aromatic rings. The second-order valence-corrected chi connectivity index (χ2v) is 6.38. The van der Waals surface area contributed by atoms with Gasteiger partial charge in [0, 0.05) is 16.7 Å². The fraction of sp³-hybridized carbons (Fsp3) is 0.130. The monoisotopic (exact) mass is 389 g/mol. The Kier molecular flexibility index (Phi) is 5.24. The minimum absolute atomic E-state index is 0.342. The van der Waals surface area contributed by atoms with Gasteiger partial charge in [0.05, 0.1) is 19.4 Å². The van der Waals surface area contributed by atoms with Crippen molar-refractivity contribution in [3.8, 4) is 11.5 Å². The molecule has 5 nitrogen and oxygen atoms in total. The molecule has 1 N–H and O–H groups in total. The van der Waals surface area contributed by atoms with Crippen molar-refractivity contribution in [1.82, 2.24) is 5.43 Å². The summed E-state index contributed by atoms with van der Waals surface area (Å²) in [6.45, 7) is 2.53. The number of benzene rings is 3. The molecular formula is C23H20FN3O2. The van der Waals surface area contributed by atoms with Gasteiger partial charge in [0.1, 0.15) is 23.0 Å². The second-order valence-electron chi connectivity index (χ2n) is 6.38. The molecule has 0 atom stereocenters. The highest BCUT2D eigenvalue weighted by atomic mass is 19.1. The maximum absolute atomic E-state index is 14.0. The van der Waals surface area contributed by atoms with Gasteiger partial charge in [-0.25, -0.2) is 9.38 Å². The van der Waals surface area contributed by atoms with Crippen LogP contribution in [0, 0.1) is 5.82 Å². The summed E-state index contributed by atoms with van der Waals surface area (Å²) < 4.78 is 24.7.